The van der Waals surface area contributed by atoms with Crippen LogP contribution in [-0.4, -0.2) is 24.2 Å². The first-order chi connectivity index (χ1) is 9.58. The van der Waals surface area contributed by atoms with Gasteiger partial charge in [0, 0.05) is 30.1 Å². The molecule has 0 aromatic heterocycles. The fourth-order valence-corrected chi connectivity index (χ4v) is 1.55. The average Bonchev–Trinajstić information content (AvgIpc) is 2.43. The zero-order valence-corrected chi connectivity index (χ0v) is 11.9. The van der Waals surface area contributed by atoms with Gasteiger partial charge in [0.05, 0.1) is 0 Å². The van der Waals surface area contributed by atoms with Gasteiger partial charge in [0.1, 0.15) is 11.6 Å². The van der Waals surface area contributed by atoms with Crippen LogP contribution < -0.4 is 10.6 Å². The van der Waals surface area contributed by atoms with Gasteiger partial charge in [-0.25, -0.2) is 0 Å². The van der Waals surface area contributed by atoms with E-state index in [-0.39, 0.29) is 12.2 Å². The number of hydrogen-bond acceptors (Lipinski definition) is 4. The van der Waals surface area contributed by atoms with Crippen molar-refractivity contribution >= 4 is 23.2 Å². The molecule has 0 saturated heterocycles. The first-order valence-electron chi connectivity index (χ1n) is 6.10. The van der Waals surface area contributed by atoms with Gasteiger partial charge in [-0.05, 0) is 31.0 Å². The summed E-state index contributed by atoms with van der Waals surface area (Å²) in [5.74, 6) is -0.510. The average molecular weight is 294 g/mol. The molecule has 5 nitrogen and oxygen atoms in total. The zero-order chi connectivity index (χ0) is 15.0. The number of carbonyl (C=O) groups excluding carboxylic acids is 1. The van der Waals surface area contributed by atoms with E-state index >= 15 is 0 Å². The maximum Gasteiger partial charge on any atom is 0.267 e. The first kappa shape index (κ1) is 16.0. The SMILES string of the molecule is Cc1ccc(NC(=O)/C(C#N)=C\NCCCO)cc1Cl. The van der Waals surface area contributed by atoms with Crippen molar-refractivity contribution in [2.45, 2.75) is 13.3 Å². The van der Waals surface area contributed by atoms with Crippen LogP contribution in [0.1, 0.15) is 12.0 Å². The molecule has 0 bridgehead atoms. The zero-order valence-electron chi connectivity index (χ0n) is 11.1. The Bertz CT molecular complexity index is 550. The molecule has 0 aliphatic heterocycles. The lowest BCUT2D eigenvalue weighted by atomic mass is 10.2. The molecule has 0 spiro atoms. The van der Waals surface area contributed by atoms with Gasteiger partial charge < -0.3 is 15.7 Å². The number of rotatable bonds is 6. The Morgan fingerprint density at radius 2 is 2.30 bits per heavy atom. The Morgan fingerprint density at radius 3 is 2.90 bits per heavy atom. The summed E-state index contributed by atoms with van der Waals surface area (Å²) >= 11 is 5.96. The highest BCUT2D eigenvalue weighted by Crippen LogP contribution is 2.20. The third kappa shape index (κ3) is 4.92. The quantitative estimate of drug-likeness (QED) is 0.425. The molecule has 0 atom stereocenters. The maximum absolute atomic E-state index is 11.9. The van der Waals surface area contributed by atoms with E-state index in [2.05, 4.69) is 10.6 Å². The topological polar surface area (TPSA) is 85.2 Å². The van der Waals surface area contributed by atoms with E-state index in [4.69, 9.17) is 22.0 Å². The predicted octanol–water partition coefficient (Wildman–Crippen LogP) is 1.97. The molecule has 6 heteroatoms. The smallest absolute Gasteiger partial charge is 0.267 e. The largest absolute Gasteiger partial charge is 0.396 e. The van der Waals surface area contributed by atoms with Gasteiger partial charge in [0.2, 0.25) is 0 Å². The number of nitriles is 1. The molecule has 0 saturated carbocycles. The van der Waals surface area contributed by atoms with Gasteiger partial charge in [0.25, 0.3) is 5.91 Å². The van der Waals surface area contributed by atoms with Gasteiger partial charge in [0.15, 0.2) is 0 Å². The number of carbonyl (C=O) groups is 1. The fourth-order valence-electron chi connectivity index (χ4n) is 1.37. The van der Waals surface area contributed by atoms with Crippen molar-refractivity contribution in [3.63, 3.8) is 0 Å². The number of aliphatic hydroxyl groups excluding tert-OH is 1. The van der Waals surface area contributed by atoms with E-state index in [9.17, 15) is 4.79 Å². The van der Waals surface area contributed by atoms with Crippen LogP contribution in [0.3, 0.4) is 0 Å². The van der Waals surface area contributed by atoms with Crippen molar-refractivity contribution in [2.75, 3.05) is 18.5 Å². The van der Waals surface area contributed by atoms with E-state index in [0.717, 1.165) is 5.56 Å². The molecule has 106 valence electrons. The minimum Gasteiger partial charge on any atom is -0.396 e. The lowest BCUT2D eigenvalue weighted by Gasteiger charge is -2.06. The Labute approximate surface area is 122 Å². The summed E-state index contributed by atoms with van der Waals surface area (Å²) in [6, 6.07) is 6.94. The van der Waals surface area contributed by atoms with Crippen LogP contribution >= 0.6 is 11.6 Å². The van der Waals surface area contributed by atoms with Crippen LogP contribution in [0, 0.1) is 18.3 Å². The second kappa shape index (κ2) is 8.20. The molecule has 1 aromatic carbocycles. The third-order valence-electron chi connectivity index (χ3n) is 2.52. The molecular weight excluding hydrogens is 278 g/mol. The predicted molar refractivity (Wildman–Crippen MR) is 78.2 cm³/mol. The number of nitrogens with zero attached hydrogens (tertiary/aromatic N) is 1. The minimum absolute atomic E-state index is 0.0420. The molecule has 0 heterocycles. The number of aliphatic hydroxyl groups is 1. The number of nitrogens with one attached hydrogen (secondary N) is 2. The molecule has 3 N–H and O–H groups in total. The Kier molecular flexibility index (Phi) is 6.57. The normalized spacial score (nSPS) is 10.8. The highest BCUT2D eigenvalue weighted by atomic mass is 35.5. The fraction of sp³-hybridized carbons (Fsp3) is 0.286. The van der Waals surface area contributed by atoms with E-state index in [1.165, 1.54) is 6.20 Å². The van der Waals surface area contributed by atoms with Gasteiger partial charge >= 0.3 is 0 Å². The highest BCUT2D eigenvalue weighted by Gasteiger charge is 2.09. The molecule has 0 aliphatic carbocycles. The standard InChI is InChI=1S/C14H16ClN3O2/c1-10-3-4-12(7-13(10)15)18-14(20)11(8-16)9-17-5-2-6-19/h3-4,7,9,17,19H,2,5-6H2,1H3,(H,18,20)/b11-9-. The molecule has 1 amide bonds. The van der Waals surface area contributed by atoms with Crippen LogP contribution in [0.5, 0.6) is 0 Å². The molecule has 20 heavy (non-hydrogen) atoms. The van der Waals surface area contributed by atoms with Crippen molar-refractivity contribution in [1.29, 1.82) is 5.26 Å². The maximum atomic E-state index is 11.9. The van der Waals surface area contributed by atoms with E-state index in [0.29, 0.717) is 23.7 Å². The highest BCUT2D eigenvalue weighted by molar-refractivity contribution is 6.31. The van der Waals surface area contributed by atoms with Crippen molar-refractivity contribution in [3.8, 4) is 6.07 Å². The molecule has 0 aliphatic rings. The molecule has 0 fully saturated rings. The molecule has 0 radical (unpaired) electrons. The second-order valence-electron chi connectivity index (χ2n) is 4.12. The number of anilines is 1. The van der Waals surface area contributed by atoms with Gasteiger partial charge in [-0.3, -0.25) is 4.79 Å². The van der Waals surface area contributed by atoms with Crippen LogP contribution in [-0.2, 0) is 4.79 Å². The number of halogens is 1. The van der Waals surface area contributed by atoms with Crippen molar-refractivity contribution in [1.82, 2.24) is 5.32 Å². The minimum atomic E-state index is -0.510. The molecule has 1 aromatic rings. The number of hydrogen-bond donors (Lipinski definition) is 3. The first-order valence-corrected chi connectivity index (χ1v) is 6.48. The number of benzene rings is 1. The lowest BCUT2D eigenvalue weighted by molar-refractivity contribution is -0.112. The number of aryl methyl sites for hydroxylation is 1. The van der Waals surface area contributed by atoms with Crippen molar-refractivity contribution in [2.24, 2.45) is 0 Å². The Balaban J connectivity index is 2.67. The molecular formula is C14H16ClN3O2. The Morgan fingerprint density at radius 1 is 1.55 bits per heavy atom. The van der Waals surface area contributed by atoms with Crippen LogP contribution in [0.25, 0.3) is 0 Å². The van der Waals surface area contributed by atoms with E-state index < -0.39 is 5.91 Å². The summed E-state index contributed by atoms with van der Waals surface area (Å²) in [4.78, 5) is 11.9. The summed E-state index contributed by atoms with van der Waals surface area (Å²) in [6.45, 7) is 2.40. The van der Waals surface area contributed by atoms with Gasteiger partial charge in [-0.1, -0.05) is 17.7 Å². The summed E-state index contributed by atoms with van der Waals surface area (Å²) < 4.78 is 0. The second-order valence-corrected chi connectivity index (χ2v) is 4.53. The van der Waals surface area contributed by atoms with E-state index in [1.807, 2.05) is 13.0 Å². The van der Waals surface area contributed by atoms with Crippen molar-refractivity contribution < 1.29 is 9.90 Å². The summed E-state index contributed by atoms with van der Waals surface area (Å²) in [7, 11) is 0. The third-order valence-corrected chi connectivity index (χ3v) is 2.93. The van der Waals surface area contributed by atoms with Crippen LogP contribution in [0.4, 0.5) is 5.69 Å². The Hall–Kier alpha value is -2.03. The molecule has 0 unspecified atom stereocenters. The summed E-state index contributed by atoms with van der Waals surface area (Å²) in [5, 5.41) is 23.5. The van der Waals surface area contributed by atoms with Gasteiger partial charge in [-0.15, -0.1) is 0 Å². The van der Waals surface area contributed by atoms with Gasteiger partial charge in [-0.2, -0.15) is 5.26 Å². The van der Waals surface area contributed by atoms with Crippen molar-refractivity contribution in [3.05, 3.63) is 40.6 Å². The molecule has 1 rings (SSSR count). The van der Waals surface area contributed by atoms with E-state index in [1.54, 1.807) is 18.2 Å². The number of amides is 1. The van der Waals surface area contributed by atoms with Crippen LogP contribution in [0.2, 0.25) is 5.02 Å². The lowest BCUT2D eigenvalue weighted by Crippen LogP contribution is -2.17. The summed E-state index contributed by atoms with van der Waals surface area (Å²) in [5.41, 5.74) is 1.40. The van der Waals surface area contributed by atoms with Crippen LogP contribution in [0.15, 0.2) is 30.0 Å². The summed E-state index contributed by atoms with van der Waals surface area (Å²) in [6.07, 6.45) is 1.88. The monoisotopic (exact) mass is 293 g/mol.